The van der Waals surface area contributed by atoms with E-state index in [-0.39, 0.29) is 25.3 Å². The fourth-order valence-electron chi connectivity index (χ4n) is 3.52. The number of aliphatic hydroxyl groups excluding tert-OH is 2. The molecule has 9 heteroatoms. The zero-order chi connectivity index (χ0) is 22.7. The highest BCUT2D eigenvalue weighted by atomic mass is 35.5. The molecule has 0 unspecified atom stereocenters. The van der Waals surface area contributed by atoms with Gasteiger partial charge in [0.2, 0.25) is 0 Å². The third kappa shape index (κ3) is 4.62. The fraction of sp³-hybridized carbons (Fsp3) is 0.217. The normalized spacial score (nSPS) is 12.1. The first kappa shape index (κ1) is 21.9. The zero-order valence-electron chi connectivity index (χ0n) is 17.4. The maximum atomic E-state index is 12.7. The van der Waals surface area contributed by atoms with E-state index in [4.69, 9.17) is 21.4 Å². The molecule has 8 nitrogen and oxygen atoms in total. The molecule has 5 N–H and O–H groups in total. The number of aromatic amines is 2. The molecule has 0 aliphatic rings. The lowest BCUT2D eigenvalue weighted by Crippen LogP contribution is -2.17. The van der Waals surface area contributed by atoms with Crippen LogP contribution in [-0.4, -0.2) is 44.9 Å². The number of rotatable bonds is 8. The van der Waals surface area contributed by atoms with Crippen molar-refractivity contribution < 1.29 is 14.9 Å². The van der Waals surface area contributed by atoms with Crippen molar-refractivity contribution in [2.24, 2.45) is 0 Å². The van der Waals surface area contributed by atoms with Gasteiger partial charge in [0, 0.05) is 23.8 Å². The number of aliphatic hydroxyl groups is 2. The van der Waals surface area contributed by atoms with Crippen LogP contribution in [0.5, 0.6) is 5.75 Å². The van der Waals surface area contributed by atoms with Gasteiger partial charge < -0.3 is 30.2 Å². The number of hydrogen-bond donors (Lipinski definition) is 5. The second-order valence-corrected chi connectivity index (χ2v) is 7.78. The highest BCUT2D eigenvalue weighted by molar-refractivity contribution is 6.30. The number of H-pyrrole nitrogens is 2. The summed E-state index contributed by atoms with van der Waals surface area (Å²) in [6.45, 7) is 2.18. The van der Waals surface area contributed by atoms with E-state index in [1.807, 2.05) is 13.0 Å². The van der Waals surface area contributed by atoms with Gasteiger partial charge in [-0.3, -0.25) is 4.79 Å². The van der Waals surface area contributed by atoms with Gasteiger partial charge in [0.15, 0.2) is 0 Å². The molecule has 2 aromatic heterocycles. The Bertz CT molecular complexity index is 1300. The quantitative estimate of drug-likeness (QED) is 0.278. The van der Waals surface area contributed by atoms with Gasteiger partial charge in [-0.15, -0.1) is 0 Å². The van der Waals surface area contributed by atoms with Crippen LogP contribution in [0.15, 0.2) is 53.5 Å². The number of benzene rings is 2. The maximum Gasteiger partial charge on any atom is 0.261 e. The Morgan fingerprint density at radius 2 is 2.09 bits per heavy atom. The number of hydrogen-bond acceptors (Lipinski definition) is 6. The first-order valence-electron chi connectivity index (χ1n) is 10.1. The van der Waals surface area contributed by atoms with Crippen molar-refractivity contribution in [1.82, 2.24) is 15.0 Å². The Kier molecular flexibility index (Phi) is 6.45. The van der Waals surface area contributed by atoms with E-state index in [9.17, 15) is 9.90 Å². The SMILES string of the molecule is Cc1cc(OCCO)cc2[nH]c(-c3c(NC[C@@H](O)c4cccc(Cl)c4)cc[nH]c3=O)nc12. The lowest BCUT2D eigenvalue weighted by molar-refractivity contribution is 0.191. The van der Waals surface area contributed by atoms with E-state index < -0.39 is 6.10 Å². The fourth-order valence-corrected chi connectivity index (χ4v) is 3.72. The molecule has 0 radical (unpaired) electrons. The van der Waals surface area contributed by atoms with Gasteiger partial charge in [0.05, 0.1) is 29.4 Å². The average molecular weight is 455 g/mol. The summed E-state index contributed by atoms with van der Waals surface area (Å²) in [5.41, 5.74) is 3.51. The molecule has 166 valence electrons. The highest BCUT2D eigenvalue weighted by Crippen LogP contribution is 2.29. The molecule has 0 saturated heterocycles. The van der Waals surface area contributed by atoms with Crippen LogP contribution in [0.2, 0.25) is 5.02 Å². The summed E-state index contributed by atoms with van der Waals surface area (Å²) < 4.78 is 5.51. The van der Waals surface area contributed by atoms with Crippen molar-refractivity contribution in [2.75, 3.05) is 25.1 Å². The molecule has 0 aliphatic carbocycles. The average Bonchev–Trinajstić information content (AvgIpc) is 3.20. The Morgan fingerprint density at radius 3 is 2.88 bits per heavy atom. The molecule has 0 saturated carbocycles. The third-order valence-corrected chi connectivity index (χ3v) is 5.26. The molecule has 0 bridgehead atoms. The van der Waals surface area contributed by atoms with Crippen LogP contribution in [0.25, 0.3) is 22.4 Å². The summed E-state index contributed by atoms with van der Waals surface area (Å²) in [6, 6.07) is 12.3. The molecule has 0 aliphatic heterocycles. The second-order valence-electron chi connectivity index (χ2n) is 7.34. The minimum absolute atomic E-state index is 0.0826. The van der Waals surface area contributed by atoms with Crippen molar-refractivity contribution in [3.63, 3.8) is 0 Å². The van der Waals surface area contributed by atoms with Crippen molar-refractivity contribution in [2.45, 2.75) is 13.0 Å². The lowest BCUT2D eigenvalue weighted by Gasteiger charge is -2.15. The van der Waals surface area contributed by atoms with E-state index in [0.717, 1.165) is 5.56 Å². The number of ether oxygens (including phenoxy) is 1. The first-order chi connectivity index (χ1) is 15.5. The summed E-state index contributed by atoms with van der Waals surface area (Å²) in [4.78, 5) is 23.2. The van der Waals surface area contributed by atoms with Gasteiger partial charge in [0.1, 0.15) is 23.7 Å². The summed E-state index contributed by atoms with van der Waals surface area (Å²) in [7, 11) is 0. The number of anilines is 1. The highest BCUT2D eigenvalue weighted by Gasteiger charge is 2.17. The van der Waals surface area contributed by atoms with Crippen molar-refractivity contribution in [1.29, 1.82) is 0 Å². The van der Waals surface area contributed by atoms with Crippen molar-refractivity contribution in [3.8, 4) is 17.1 Å². The standard InChI is InChI=1S/C23H23ClN4O4/c1-13-9-16(32-8-7-29)11-18-21(13)28-22(27-18)20-17(5-6-25-23(20)31)26-12-19(30)14-3-2-4-15(24)10-14/h2-6,9-11,19,29-30H,7-8,12H2,1H3,(H,27,28)(H2,25,26,31)/t19-/m1/s1. The van der Waals surface area contributed by atoms with Crippen molar-refractivity contribution in [3.05, 3.63) is 75.2 Å². The van der Waals surface area contributed by atoms with E-state index >= 15 is 0 Å². The third-order valence-electron chi connectivity index (χ3n) is 5.03. The van der Waals surface area contributed by atoms with Crippen LogP contribution in [0.1, 0.15) is 17.2 Å². The molecule has 4 aromatic rings. The molecule has 0 spiro atoms. The van der Waals surface area contributed by atoms with Crippen LogP contribution in [0.3, 0.4) is 0 Å². The number of imidazole rings is 1. The van der Waals surface area contributed by atoms with Gasteiger partial charge >= 0.3 is 0 Å². The summed E-state index contributed by atoms with van der Waals surface area (Å²) >= 11 is 6.01. The largest absolute Gasteiger partial charge is 0.491 e. The van der Waals surface area contributed by atoms with E-state index in [0.29, 0.717) is 44.4 Å². The van der Waals surface area contributed by atoms with Gasteiger partial charge in [-0.1, -0.05) is 23.7 Å². The number of aromatic nitrogens is 3. The minimum Gasteiger partial charge on any atom is -0.491 e. The number of fused-ring (bicyclic) bond motifs is 1. The molecule has 2 heterocycles. The molecular weight excluding hydrogens is 432 g/mol. The monoisotopic (exact) mass is 454 g/mol. The second kappa shape index (κ2) is 9.44. The first-order valence-corrected chi connectivity index (χ1v) is 10.5. The lowest BCUT2D eigenvalue weighted by atomic mass is 10.1. The number of nitrogens with one attached hydrogen (secondary N) is 3. The Morgan fingerprint density at radius 1 is 1.25 bits per heavy atom. The summed E-state index contributed by atoms with van der Waals surface area (Å²) in [6.07, 6.45) is 0.722. The smallest absolute Gasteiger partial charge is 0.261 e. The van der Waals surface area contributed by atoms with Crippen LogP contribution >= 0.6 is 11.6 Å². The Hall–Kier alpha value is -3.33. The Labute approximate surface area is 188 Å². The van der Waals surface area contributed by atoms with Gasteiger partial charge in [0.25, 0.3) is 5.56 Å². The number of halogens is 1. The van der Waals surface area contributed by atoms with E-state index in [2.05, 4.69) is 20.3 Å². The van der Waals surface area contributed by atoms with Gasteiger partial charge in [-0.25, -0.2) is 4.98 Å². The van der Waals surface area contributed by atoms with E-state index in [1.54, 1.807) is 36.4 Å². The molecule has 0 fully saturated rings. The molecule has 0 amide bonds. The maximum absolute atomic E-state index is 12.7. The molecule has 1 atom stereocenters. The number of nitrogens with zero attached hydrogens (tertiary/aromatic N) is 1. The number of pyridine rings is 1. The summed E-state index contributed by atoms with van der Waals surface area (Å²) in [5, 5.41) is 23.2. The summed E-state index contributed by atoms with van der Waals surface area (Å²) in [5.74, 6) is 0.994. The van der Waals surface area contributed by atoms with Gasteiger partial charge in [-0.2, -0.15) is 0 Å². The molecule has 2 aromatic carbocycles. The van der Waals surface area contributed by atoms with Crippen LogP contribution < -0.4 is 15.6 Å². The van der Waals surface area contributed by atoms with Crippen molar-refractivity contribution >= 4 is 28.3 Å². The predicted molar refractivity (Wildman–Crippen MR) is 124 cm³/mol. The van der Waals surface area contributed by atoms with Gasteiger partial charge in [-0.05, 0) is 42.3 Å². The van der Waals surface area contributed by atoms with E-state index in [1.165, 1.54) is 6.20 Å². The molecule has 4 rings (SSSR count). The minimum atomic E-state index is -0.815. The Balaban J connectivity index is 1.65. The topological polar surface area (TPSA) is 123 Å². The molecular formula is C23H23ClN4O4. The van der Waals surface area contributed by atoms with Crippen LogP contribution in [-0.2, 0) is 0 Å². The predicted octanol–water partition coefficient (Wildman–Crippen LogP) is 3.40. The van der Waals surface area contributed by atoms with Crippen LogP contribution in [0, 0.1) is 6.92 Å². The number of aryl methyl sites for hydroxylation is 1. The zero-order valence-corrected chi connectivity index (χ0v) is 18.1. The van der Waals surface area contributed by atoms with Crippen LogP contribution in [0.4, 0.5) is 5.69 Å². The molecule has 32 heavy (non-hydrogen) atoms.